The van der Waals surface area contributed by atoms with Gasteiger partial charge in [-0.05, 0) is 13.1 Å². The predicted molar refractivity (Wildman–Crippen MR) is 86.1 cm³/mol. The number of nitrogens with one attached hydrogen (secondary N) is 1. The topological polar surface area (TPSA) is 80.9 Å². The summed E-state index contributed by atoms with van der Waals surface area (Å²) in [7, 11) is 0. The lowest BCUT2D eigenvalue weighted by atomic mass is 10.1. The van der Waals surface area contributed by atoms with Crippen molar-refractivity contribution in [2.45, 2.75) is 20.3 Å². The maximum absolute atomic E-state index is 11.5. The molecule has 0 unspecified atom stereocenters. The Morgan fingerprint density at radius 1 is 1.33 bits per heavy atom. The predicted octanol–water partition coefficient (Wildman–Crippen LogP) is 3.20. The molecule has 0 saturated heterocycles. The van der Waals surface area contributed by atoms with Gasteiger partial charge in [0.2, 0.25) is 0 Å². The maximum Gasteiger partial charge on any atom is 0.170 e. The van der Waals surface area contributed by atoms with Gasteiger partial charge in [0.05, 0.1) is 0 Å². The zero-order valence-electron chi connectivity index (χ0n) is 12.3. The molecule has 0 fully saturated rings. The van der Waals surface area contributed by atoms with Crippen LogP contribution in [-0.4, -0.2) is 15.8 Å². The minimum atomic E-state index is -0.0903. The summed E-state index contributed by atoms with van der Waals surface area (Å²) in [6, 6.07) is 10.3. The van der Waals surface area contributed by atoms with E-state index < -0.39 is 0 Å². The Morgan fingerprint density at radius 3 is 2.48 bits per heavy atom. The second-order valence-electron chi connectivity index (χ2n) is 4.26. The molecule has 5 nitrogen and oxygen atoms in total. The van der Waals surface area contributed by atoms with Gasteiger partial charge in [-0.1, -0.05) is 49.4 Å². The van der Waals surface area contributed by atoms with Gasteiger partial charge in [0.15, 0.2) is 5.78 Å². The van der Waals surface area contributed by atoms with Crippen LogP contribution in [0.25, 0.3) is 0 Å². The fourth-order valence-corrected chi connectivity index (χ4v) is 1.59. The molecule has 0 spiro atoms. The highest BCUT2D eigenvalue weighted by molar-refractivity contribution is 6.04. The first-order valence-electron chi connectivity index (χ1n) is 6.62. The molecule has 5 heteroatoms. The lowest BCUT2D eigenvalue weighted by molar-refractivity contribution is 0.0989. The molecule has 0 aliphatic heterocycles. The van der Waals surface area contributed by atoms with E-state index in [9.17, 15) is 4.79 Å². The number of carbonyl (C=O) groups is 1. The van der Waals surface area contributed by atoms with Gasteiger partial charge in [0, 0.05) is 6.42 Å². The average molecular weight is 284 g/mol. The molecular weight excluding hydrogens is 264 g/mol. The van der Waals surface area contributed by atoms with Crippen LogP contribution in [0.1, 0.15) is 29.3 Å². The first kappa shape index (κ1) is 16.4. The SMILES string of the molecule is C=CNc1ncnc(N)c1C(=O)CC.Cc1ccccc1. The zero-order valence-corrected chi connectivity index (χ0v) is 12.3. The molecule has 2 rings (SSSR count). The van der Waals surface area contributed by atoms with Crippen LogP contribution in [-0.2, 0) is 0 Å². The van der Waals surface area contributed by atoms with Gasteiger partial charge in [0.25, 0.3) is 0 Å². The lowest BCUT2D eigenvalue weighted by Gasteiger charge is -2.07. The standard InChI is InChI=1S/C9H12N4O.C7H8/c1-3-6(14)7-8(10)12-5-13-9(7)11-4-2;1-7-5-3-2-4-6-7/h4-5H,2-3H2,1H3,(H3,10,11,12,13);2-6H,1H3. The Bertz CT molecular complexity index is 596. The molecule has 3 N–H and O–H groups in total. The number of aromatic nitrogens is 2. The molecule has 21 heavy (non-hydrogen) atoms. The zero-order chi connectivity index (χ0) is 15.7. The summed E-state index contributed by atoms with van der Waals surface area (Å²) in [6.07, 6.45) is 3.10. The van der Waals surface area contributed by atoms with Crippen molar-refractivity contribution in [3.63, 3.8) is 0 Å². The van der Waals surface area contributed by atoms with E-state index in [2.05, 4.69) is 40.9 Å². The number of rotatable bonds is 4. The minimum Gasteiger partial charge on any atom is -0.383 e. The molecule has 0 radical (unpaired) electrons. The molecule has 1 aromatic carbocycles. The van der Waals surface area contributed by atoms with Crippen LogP contribution in [0.4, 0.5) is 11.6 Å². The van der Waals surface area contributed by atoms with Gasteiger partial charge in [0.1, 0.15) is 23.5 Å². The van der Waals surface area contributed by atoms with Crippen LogP contribution in [0.3, 0.4) is 0 Å². The van der Waals surface area contributed by atoms with Gasteiger partial charge in [-0.2, -0.15) is 0 Å². The van der Waals surface area contributed by atoms with Crippen molar-refractivity contribution in [3.8, 4) is 0 Å². The first-order chi connectivity index (χ1) is 10.1. The van der Waals surface area contributed by atoms with Crippen LogP contribution in [0.15, 0.2) is 49.4 Å². The minimum absolute atomic E-state index is 0.0903. The van der Waals surface area contributed by atoms with E-state index in [0.29, 0.717) is 17.8 Å². The number of Topliss-reactive ketones (excluding diaryl/α,β-unsaturated/α-hetero) is 1. The van der Waals surface area contributed by atoms with Crippen molar-refractivity contribution >= 4 is 17.4 Å². The highest BCUT2D eigenvalue weighted by atomic mass is 16.1. The summed E-state index contributed by atoms with van der Waals surface area (Å²) >= 11 is 0. The molecule has 110 valence electrons. The molecule has 0 amide bonds. The Morgan fingerprint density at radius 2 is 2.00 bits per heavy atom. The van der Waals surface area contributed by atoms with Gasteiger partial charge in [-0.3, -0.25) is 4.79 Å². The van der Waals surface area contributed by atoms with Gasteiger partial charge in [-0.25, -0.2) is 9.97 Å². The monoisotopic (exact) mass is 284 g/mol. The maximum atomic E-state index is 11.5. The van der Waals surface area contributed by atoms with E-state index in [0.717, 1.165) is 0 Å². The van der Waals surface area contributed by atoms with Crippen molar-refractivity contribution in [3.05, 3.63) is 60.6 Å². The highest BCUT2D eigenvalue weighted by Crippen LogP contribution is 2.18. The third-order valence-corrected chi connectivity index (χ3v) is 2.66. The number of ketones is 1. The molecule has 0 aliphatic carbocycles. The summed E-state index contributed by atoms with van der Waals surface area (Å²) in [4.78, 5) is 19.2. The van der Waals surface area contributed by atoms with Gasteiger partial charge in [-0.15, -0.1) is 0 Å². The fourth-order valence-electron chi connectivity index (χ4n) is 1.59. The number of nitrogens with zero attached hydrogens (tertiary/aromatic N) is 2. The number of carbonyl (C=O) groups excluding carboxylic acids is 1. The average Bonchev–Trinajstić information content (AvgIpc) is 2.48. The molecular formula is C16H20N4O. The van der Waals surface area contributed by atoms with Crippen molar-refractivity contribution in [1.82, 2.24) is 9.97 Å². The molecule has 0 saturated carbocycles. The third kappa shape index (κ3) is 5.06. The van der Waals surface area contributed by atoms with Crippen LogP contribution < -0.4 is 11.1 Å². The second-order valence-corrected chi connectivity index (χ2v) is 4.26. The summed E-state index contributed by atoms with van der Waals surface area (Å²) in [5.74, 6) is 0.503. The van der Waals surface area contributed by atoms with E-state index in [1.807, 2.05) is 18.2 Å². The Kier molecular flexibility index (Phi) is 6.60. The van der Waals surface area contributed by atoms with Crippen molar-refractivity contribution in [2.75, 3.05) is 11.1 Å². The molecule has 1 heterocycles. The third-order valence-electron chi connectivity index (χ3n) is 2.66. The Hall–Kier alpha value is -2.69. The Balaban J connectivity index is 0.000000262. The van der Waals surface area contributed by atoms with E-state index in [-0.39, 0.29) is 11.6 Å². The molecule has 2 aromatic rings. The molecule has 0 bridgehead atoms. The lowest BCUT2D eigenvalue weighted by Crippen LogP contribution is -2.09. The summed E-state index contributed by atoms with van der Waals surface area (Å²) in [6.45, 7) is 7.33. The smallest absolute Gasteiger partial charge is 0.170 e. The van der Waals surface area contributed by atoms with E-state index >= 15 is 0 Å². The molecule has 0 aliphatic rings. The number of anilines is 2. The number of hydrogen-bond donors (Lipinski definition) is 2. The number of hydrogen-bond acceptors (Lipinski definition) is 5. The largest absolute Gasteiger partial charge is 0.383 e. The van der Waals surface area contributed by atoms with Crippen LogP contribution >= 0.6 is 0 Å². The van der Waals surface area contributed by atoms with Crippen LogP contribution in [0.5, 0.6) is 0 Å². The van der Waals surface area contributed by atoms with Crippen molar-refractivity contribution in [2.24, 2.45) is 0 Å². The van der Waals surface area contributed by atoms with Gasteiger partial charge < -0.3 is 11.1 Å². The summed E-state index contributed by atoms with van der Waals surface area (Å²) in [5.41, 5.74) is 7.23. The van der Waals surface area contributed by atoms with Crippen LogP contribution in [0.2, 0.25) is 0 Å². The fraction of sp³-hybridized carbons (Fsp3) is 0.188. The molecule has 0 atom stereocenters. The first-order valence-corrected chi connectivity index (χ1v) is 6.62. The summed E-state index contributed by atoms with van der Waals surface area (Å²) < 4.78 is 0. The van der Waals surface area contributed by atoms with Crippen LogP contribution in [0, 0.1) is 6.92 Å². The number of benzene rings is 1. The number of aryl methyl sites for hydroxylation is 1. The van der Waals surface area contributed by atoms with Crippen molar-refractivity contribution in [1.29, 1.82) is 0 Å². The molecule has 1 aromatic heterocycles. The number of nitrogens with two attached hydrogens (primary N) is 1. The summed E-state index contributed by atoms with van der Waals surface area (Å²) in [5, 5.41) is 2.74. The van der Waals surface area contributed by atoms with Crippen molar-refractivity contribution < 1.29 is 4.79 Å². The van der Waals surface area contributed by atoms with E-state index in [4.69, 9.17) is 5.73 Å². The van der Waals surface area contributed by atoms with E-state index in [1.54, 1.807) is 6.92 Å². The normalized spacial score (nSPS) is 9.24. The number of nitrogen functional groups attached to an aromatic ring is 1. The second kappa shape index (κ2) is 8.47. The highest BCUT2D eigenvalue weighted by Gasteiger charge is 2.14. The van der Waals surface area contributed by atoms with E-state index in [1.165, 1.54) is 18.1 Å². The quantitative estimate of drug-likeness (QED) is 0.843. The van der Waals surface area contributed by atoms with Gasteiger partial charge >= 0.3 is 0 Å². The Labute approximate surface area is 124 Å².